The molecule has 0 spiro atoms. The monoisotopic (exact) mass is 274 g/mol. The number of fused-ring (bicyclic) bond motifs is 1. The summed E-state index contributed by atoms with van der Waals surface area (Å²) in [6.45, 7) is 6.79. The summed E-state index contributed by atoms with van der Waals surface area (Å²) in [5.41, 5.74) is 2.62. The molecule has 1 unspecified atom stereocenters. The standard InChI is InChI=1S/C14H16N2O2.C2H6/c1-10-5-6-13-11(8-10)12(9-17)15-16(13)14-4-2-3-7-18-14;1-2/h5-6,8-9,14H,2-4,7H2,1H3;1-2H3. The Bertz CT molecular complexity index is 583. The fourth-order valence-electron chi connectivity index (χ4n) is 2.50. The van der Waals surface area contributed by atoms with Gasteiger partial charge in [0, 0.05) is 12.0 Å². The highest BCUT2D eigenvalue weighted by Gasteiger charge is 2.20. The third-order valence-corrected chi connectivity index (χ3v) is 3.43. The molecule has 0 saturated carbocycles. The second kappa shape index (κ2) is 6.66. The van der Waals surface area contributed by atoms with Gasteiger partial charge in [-0.2, -0.15) is 5.10 Å². The van der Waals surface area contributed by atoms with E-state index in [1.807, 2.05) is 43.7 Å². The quantitative estimate of drug-likeness (QED) is 0.780. The van der Waals surface area contributed by atoms with Crippen molar-refractivity contribution in [3.63, 3.8) is 0 Å². The van der Waals surface area contributed by atoms with E-state index in [0.29, 0.717) is 5.69 Å². The van der Waals surface area contributed by atoms with E-state index in [9.17, 15) is 4.79 Å². The number of ether oxygens (including phenoxy) is 1. The van der Waals surface area contributed by atoms with Crippen molar-refractivity contribution in [2.45, 2.75) is 46.3 Å². The van der Waals surface area contributed by atoms with E-state index in [1.54, 1.807) is 0 Å². The highest BCUT2D eigenvalue weighted by atomic mass is 16.5. The molecule has 1 aliphatic rings. The zero-order chi connectivity index (χ0) is 14.5. The Balaban J connectivity index is 0.000000704. The van der Waals surface area contributed by atoms with Gasteiger partial charge >= 0.3 is 0 Å². The smallest absolute Gasteiger partial charge is 0.170 e. The molecule has 1 atom stereocenters. The lowest BCUT2D eigenvalue weighted by atomic mass is 10.1. The van der Waals surface area contributed by atoms with Gasteiger partial charge < -0.3 is 4.74 Å². The van der Waals surface area contributed by atoms with Gasteiger partial charge in [-0.1, -0.05) is 25.5 Å². The van der Waals surface area contributed by atoms with Crippen LogP contribution in [-0.4, -0.2) is 22.7 Å². The lowest BCUT2D eigenvalue weighted by molar-refractivity contribution is -0.0367. The minimum absolute atomic E-state index is 0.0299. The summed E-state index contributed by atoms with van der Waals surface area (Å²) in [6.07, 6.45) is 4.01. The summed E-state index contributed by atoms with van der Waals surface area (Å²) in [6, 6.07) is 6.06. The molecule has 0 amide bonds. The van der Waals surface area contributed by atoms with Crippen molar-refractivity contribution in [3.8, 4) is 0 Å². The largest absolute Gasteiger partial charge is 0.356 e. The topological polar surface area (TPSA) is 44.1 Å². The van der Waals surface area contributed by atoms with Crippen molar-refractivity contribution in [1.29, 1.82) is 0 Å². The van der Waals surface area contributed by atoms with Crippen molar-refractivity contribution in [3.05, 3.63) is 29.5 Å². The number of rotatable bonds is 2. The zero-order valence-electron chi connectivity index (χ0n) is 12.4. The predicted octanol–water partition coefficient (Wildman–Crippen LogP) is 3.88. The molecule has 108 valence electrons. The Morgan fingerprint density at radius 2 is 2.15 bits per heavy atom. The third-order valence-electron chi connectivity index (χ3n) is 3.43. The number of aldehydes is 1. The first-order valence-electron chi connectivity index (χ1n) is 7.35. The maximum atomic E-state index is 11.1. The van der Waals surface area contributed by atoms with Gasteiger partial charge in [0.05, 0.1) is 5.52 Å². The molecule has 2 heterocycles. The Kier molecular flexibility index (Phi) is 4.90. The van der Waals surface area contributed by atoms with Gasteiger partial charge in [-0.3, -0.25) is 4.79 Å². The highest BCUT2D eigenvalue weighted by Crippen LogP contribution is 2.28. The average Bonchev–Trinajstić information content (AvgIpc) is 2.88. The first-order valence-corrected chi connectivity index (χ1v) is 7.35. The first kappa shape index (κ1) is 14.7. The van der Waals surface area contributed by atoms with E-state index in [-0.39, 0.29) is 6.23 Å². The van der Waals surface area contributed by atoms with Gasteiger partial charge in [-0.05, 0) is 38.3 Å². The maximum Gasteiger partial charge on any atom is 0.170 e. The summed E-state index contributed by atoms with van der Waals surface area (Å²) in [5, 5.41) is 5.31. The molecular weight excluding hydrogens is 252 g/mol. The number of carbonyl (C=O) groups excluding carboxylic acids is 1. The normalized spacial score (nSPS) is 18.4. The number of hydrogen-bond donors (Lipinski definition) is 0. The van der Waals surface area contributed by atoms with Gasteiger partial charge in [-0.15, -0.1) is 0 Å². The minimum atomic E-state index is -0.0299. The van der Waals surface area contributed by atoms with Gasteiger partial charge in [0.2, 0.25) is 0 Å². The summed E-state index contributed by atoms with van der Waals surface area (Å²) >= 11 is 0. The molecule has 1 aromatic heterocycles. The van der Waals surface area contributed by atoms with Crippen LogP contribution in [0.2, 0.25) is 0 Å². The minimum Gasteiger partial charge on any atom is -0.356 e. The first-order chi connectivity index (χ1) is 9.79. The highest BCUT2D eigenvalue weighted by molar-refractivity contribution is 5.95. The third kappa shape index (κ3) is 2.75. The molecule has 0 radical (unpaired) electrons. The van der Waals surface area contributed by atoms with Crippen LogP contribution in [0.1, 0.15) is 55.4 Å². The number of hydrogen-bond acceptors (Lipinski definition) is 3. The second-order valence-electron chi connectivity index (χ2n) is 4.79. The lowest BCUT2D eigenvalue weighted by Gasteiger charge is -2.23. The Labute approximate surface area is 119 Å². The van der Waals surface area contributed by atoms with E-state index >= 15 is 0 Å². The van der Waals surface area contributed by atoms with E-state index in [1.165, 1.54) is 0 Å². The molecule has 1 fully saturated rings. The van der Waals surface area contributed by atoms with E-state index in [2.05, 4.69) is 5.10 Å². The van der Waals surface area contributed by atoms with Gasteiger partial charge in [0.15, 0.2) is 12.5 Å². The molecule has 0 bridgehead atoms. The molecule has 1 aliphatic heterocycles. The molecule has 1 aromatic carbocycles. The van der Waals surface area contributed by atoms with Crippen molar-refractivity contribution in [1.82, 2.24) is 9.78 Å². The van der Waals surface area contributed by atoms with Crippen molar-refractivity contribution < 1.29 is 9.53 Å². The van der Waals surface area contributed by atoms with Gasteiger partial charge in [0.25, 0.3) is 0 Å². The van der Waals surface area contributed by atoms with E-state index in [0.717, 1.165) is 48.6 Å². The van der Waals surface area contributed by atoms with Crippen molar-refractivity contribution >= 4 is 17.2 Å². The molecule has 4 nitrogen and oxygen atoms in total. The lowest BCUT2D eigenvalue weighted by Crippen LogP contribution is -2.19. The van der Waals surface area contributed by atoms with Crippen LogP contribution < -0.4 is 0 Å². The maximum absolute atomic E-state index is 11.1. The fraction of sp³-hybridized carbons (Fsp3) is 0.500. The molecule has 3 rings (SSSR count). The SMILES string of the molecule is CC.Cc1ccc2c(c1)c(C=O)nn2C1CCCCO1. The van der Waals surface area contributed by atoms with Crippen LogP contribution in [0.3, 0.4) is 0 Å². The number of carbonyl (C=O) groups is 1. The molecule has 4 heteroatoms. The van der Waals surface area contributed by atoms with E-state index < -0.39 is 0 Å². The van der Waals surface area contributed by atoms with Gasteiger partial charge in [-0.25, -0.2) is 4.68 Å². The van der Waals surface area contributed by atoms with Crippen LogP contribution >= 0.6 is 0 Å². The molecule has 20 heavy (non-hydrogen) atoms. The molecule has 1 saturated heterocycles. The number of nitrogens with zero attached hydrogens (tertiary/aromatic N) is 2. The zero-order valence-corrected chi connectivity index (χ0v) is 12.4. The molecule has 2 aromatic rings. The van der Waals surface area contributed by atoms with Crippen LogP contribution in [0.15, 0.2) is 18.2 Å². The number of aromatic nitrogens is 2. The summed E-state index contributed by atoms with van der Waals surface area (Å²) in [7, 11) is 0. The van der Waals surface area contributed by atoms with Crippen LogP contribution in [0.25, 0.3) is 10.9 Å². The second-order valence-corrected chi connectivity index (χ2v) is 4.79. The van der Waals surface area contributed by atoms with Crippen LogP contribution in [0.5, 0.6) is 0 Å². The van der Waals surface area contributed by atoms with Crippen LogP contribution in [0.4, 0.5) is 0 Å². The summed E-state index contributed by atoms with van der Waals surface area (Å²) in [4.78, 5) is 11.1. The Hall–Kier alpha value is -1.68. The average molecular weight is 274 g/mol. The van der Waals surface area contributed by atoms with Crippen molar-refractivity contribution in [2.24, 2.45) is 0 Å². The van der Waals surface area contributed by atoms with E-state index in [4.69, 9.17) is 4.74 Å². The summed E-state index contributed by atoms with van der Waals surface area (Å²) in [5.74, 6) is 0. The van der Waals surface area contributed by atoms with Crippen LogP contribution in [-0.2, 0) is 4.74 Å². The molecule has 0 aliphatic carbocycles. The summed E-state index contributed by atoms with van der Waals surface area (Å²) < 4.78 is 7.60. The molecular formula is C16H22N2O2. The fourth-order valence-corrected chi connectivity index (χ4v) is 2.50. The Morgan fingerprint density at radius 1 is 1.35 bits per heavy atom. The predicted molar refractivity (Wildman–Crippen MR) is 80.0 cm³/mol. The van der Waals surface area contributed by atoms with Crippen LogP contribution in [0, 0.1) is 6.92 Å². The van der Waals surface area contributed by atoms with Crippen molar-refractivity contribution in [2.75, 3.05) is 6.61 Å². The van der Waals surface area contributed by atoms with Gasteiger partial charge in [0.1, 0.15) is 5.69 Å². The number of aryl methyl sites for hydroxylation is 1. The molecule has 0 N–H and O–H groups in total. The number of benzene rings is 1. The Morgan fingerprint density at radius 3 is 2.80 bits per heavy atom.